The Morgan fingerprint density at radius 3 is 2.46 bits per heavy atom. The van der Waals surface area contributed by atoms with Crippen molar-refractivity contribution in [3.63, 3.8) is 0 Å². The van der Waals surface area contributed by atoms with Gasteiger partial charge in [-0.2, -0.15) is 0 Å². The highest BCUT2D eigenvalue weighted by atomic mass is 35.5. The number of carbonyl (C=O) groups excluding carboxylic acids is 2. The molecule has 35 heavy (non-hydrogen) atoms. The van der Waals surface area contributed by atoms with Gasteiger partial charge in [-0.1, -0.05) is 47.5 Å². The molecule has 2 amide bonds. The van der Waals surface area contributed by atoms with Crippen LogP contribution in [-0.2, 0) is 16.2 Å². The van der Waals surface area contributed by atoms with E-state index in [9.17, 15) is 19.7 Å². The van der Waals surface area contributed by atoms with E-state index < -0.39 is 22.4 Å². The number of para-hydroxylation sites is 1. The van der Waals surface area contributed by atoms with Crippen LogP contribution >= 0.6 is 23.2 Å². The summed E-state index contributed by atoms with van der Waals surface area (Å²) in [6.07, 6.45) is 1.26. The number of carbonyl (C=O) groups is 2. The number of nitrogens with zero attached hydrogens (tertiary/aromatic N) is 2. The van der Waals surface area contributed by atoms with Crippen molar-refractivity contribution >= 4 is 52.5 Å². The number of nitro groups is 1. The fourth-order valence-electron chi connectivity index (χ4n) is 3.39. The van der Waals surface area contributed by atoms with E-state index in [2.05, 4.69) is 5.43 Å². The van der Waals surface area contributed by atoms with Gasteiger partial charge in [0.05, 0.1) is 27.8 Å². The first-order valence-electron chi connectivity index (χ1n) is 10.1. The van der Waals surface area contributed by atoms with Gasteiger partial charge in [-0.25, -0.2) is 5.01 Å². The summed E-state index contributed by atoms with van der Waals surface area (Å²) in [5, 5.41) is 13.6. The Kier molecular flexibility index (Phi) is 6.90. The van der Waals surface area contributed by atoms with Gasteiger partial charge in [0.1, 0.15) is 12.2 Å². The van der Waals surface area contributed by atoms with Crippen LogP contribution in [0.3, 0.4) is 0 Å². The van der Waals surface area contributed by atoms with Gasteiger partial charge >= 0.3 is 5.69 Å². The van der Waals surface area contributed by atoms with Crippen molar-refractivity contribution in [2.75, 3.05) is 12.1 Å². The first kappa shape index (κ1) is 24.1. The fraction of sp³-hybridized carbons (Fsp3) is 0.0833. The van der Waals surface area contributed by atoms with Crippen molar-refractivity contribution in [3.8, 4) is 11.5 Å². The zero-order valence-corrected chi connectivity index (χ0v) is 19.7. The second kappa shape index (κ2) is 10.0. The average Bonchev–Trinajstić information content (AvgIpc) is 3.13. The number of nitrogens with one attached hydrogen (secondary N) is 1. The second-order valence-corrected chi connectivity index (χ2v) is 8.16. The Balaban J connectivity index is 1.66. The van der Waals surface area contributed by atoms with Gasteiger partial charge in [-0.05, 0) is 47.5 Å². The molecule has 4 rings (SSSR count). The smallest absolute Gasteiger partial charge is 0.315 e. The van der Waals surface area contributed by atoms with Crippen LogP contribution in [0.25, 0.3) is 6.08 Å². The van der Waals surface area contributed by atoms with Gasteiger partial charge in [0.15, 0.2) is 5.75 Å². The molecule has 0 bridgehead atoms. The minimum atomic E-state index is -0.639. The quantitative estimate of drug-likeness (QED) is 0.207. The van der Waals surface area contributed by atoms with Gasteiger partial charge in [-0.3, -0.25) is 25.1 Å². The van der Waals surface area contributed by atoms with Crippen LogP contribution in [0.1, 0.15) is 11.1 Å². The summed E-state index contributed by atoms with van der Waals surface area (Å²) >= 11 is 11.9. The molecule has 0 saturated carbocycles. The third-order valence-corrected chi connectivity index (χ3v) is 5.80. The molecular formula is C24H17Cl2N3O6. The molecule has 0 aliphatic carbocycles. The number of methoxy groups -OCH3 is 1. The van der Waals surface area contributed by atoms with Crippen LogP contribution in [0.2, 0.25) is 10.0 Å². The molecule has 1 aliphatic rings. The minimum absolute atomic E-state index is 0.0402. The molecule has 1 fully saturated rings. The van der Waals surface area contributed by atoms with Crippen LogP contribution in [0.4, 0.5) is 11.4 Å². The molecule has 1 saturated heterocycles. The molecule has 0 radical (unpaired) electrons. The maximum atomic E-state index is 12.8. The number of anilines is 1. The van der Waals surface area contributed by atoms with E-state index in [0.717, 1.165) is 5.01 Å². The molecule has 0 atom stereocenters. The van der Waals surface area contributed by atoms with E-state index in [4.69, 9.17) is 32.7 Å². The number of ether oxygens (including phenoxy) is 2. The highest BCUT2D eigenvalue weighted by Gasteiger charge is 2.34. The van der Waals surface area contributed by atoms with Crippen molar-refractivity contribution in [2.45, 2.75) is 6.61 Å². The van der Waals surface area contributed by atoms with Crippen molar-refractivity contribution in [3.05, 3.63) is 97.5 Å². The molecule has 1 heterocycles. The van der Waals surface area contributed by atoms with Crippen LogP contribution in [0.5, 0.6) is 11.5 Å². The third-order valence-electron chi connectivity index (χ3n) is 5.06. The topological polar surface area (TPSA) is 111 Å². The number of benzene rings is 3. The van der Waals surface area contributed by atoms with E-state index in [0.29, 0.717) is 21.3 Å². The highest BCUT2D eigenvalue weighted by Crippen LogP contribution is 2.40. The lowest BCUT2D eigenvalue weighted by molar-refractivity contribution is -0.386. The summed E-state index contributed by atoms with van der Waals surface area (Å²) in [6.45, 7) is -0.0402. The van der Waals surface area contributed by atoms with Gasteiger partial charge in [0, 0.05) is 6.07 Å². The molecule has 0 spiro atoms. The molecule has 9 nitrogen and oxygen atoms in total. The van der Waals surface area contributed by atoms with E-state index in [1.807, 2.05) is 0 Å². The first-order valence-corrected chi connectivity index (χ1v) is 10.9. The van der Waals surface area contributed by atoms with Crippen LogP contribution in [-0.4, -0.2) is 23.8 Å². The van der Waals surface area contributed by atoms with Gasteiger partial charge in [-0.15, -0.1) is 0 Å². The largest absolute Gasteiger partial charge is 0.493 e. The predicted octanol–water partition coefficient (Wildman–Crippen LogP) is 4.95. The predicted molar refractivity (Wildman–Crippen MR) is 130 cm³/mol. The number of hydrogen-bond acceptors (Lipinski definition) is 6. The van der Waals surface area contributed by atoms with Crippen molar-refractivity contribution in [1.29, 1.82) is 0 Å². The maximum absolute atomic E-state index is 12.8. The number of hydrazine groups is 1. The lowest BCUT2D eigenvalue weighted by Gasteiger charge is -2.14. The average molecular weight is 514 g/mol. The lowest BCUT2D eigenvalue weighted by Crippen LogP contribution is -2.35. The Labute approximate surface area is 209 Å². The third kappa shape index (κ3) is 5.06. The fourth-order valence-corrected chi connectivity index (χ4v) is 3.71. The van der Waals surface area contributed by atoms with E-state index in [1.165, 1.54) is 25.3 Å². The van der Waals surface area contributed by atoms with Gasteiger partial charge < -0.3 is 9.47 Å². The molecule has 0 aromatic heterocycles. The number of nitro benzene ring substituents is 1. The van der Waals surface area contributed by atoms with Crippen molar-refractivity contribution in [1.82, 2.24) is 5.43 Å². The summed E-state index contributed by atoms with van der Waals surface area (Å²) in [5.41, 5.74) is 3.22. The van der Waals surface area contributed by atoms with Crippen LogP contribution < -0.4 is 19.9 Å². The van der Waals surface area contributed by atoms with Crippen molar-refractivity contribution in [2.24, 2.45) is 0 Å². The Morgan fingerprint density at radius 1 is 1.06 bits per heavy atom. The van der Waals surface area contributed by atoms with Crippen LogP contribution in [0.15, 0.2) is 66.2 Å². The zero-order valence-electron chi connectivity index (χ0n) is 18.2. The SMILES string of the molecule is COc1cc(/C=C2/C(=O)NN(c3ccccc3)C2=O)cc([N+](=O)[O-])c1OCc1ccc(Cl)c(Cl)c1. The molecular weight excluding hydrogens is 497 g/mol. The molecule has 3 aromatic rings. The lowest BCUT2D eigenvalue weighted by atomic mass is 10.1. The summed E-state index contributed by atoms with van der Waals surface area (Å²) in [5.74, 6) is -1.29. The number of rotatable bonds is 7. The number of hydrogen-bond donors (Lipinski definition) is 1. The molecule has 1 N–H and O–H groups in total. The monoisotopic (exact) mass is 513 g/mol. The Bertz CT molecular complexity index is 1360. The van der Waals surface area contributed by atoms with Gasteiger partial charge in [0.2, 0.25) is 5.75 Å². The molecule has 11 heteroatoms. The van der Waals surface area contributed by atoms with Crippen LogP contribution in [0, 0.1) is 10.1 Å². The second-order valence-electron chi connectivity index (χ2n) is 7.34. The maximum Gasteiger partial charge on any atom is 0.315 e. The van der Waals surface area contributed by atoms with E-state index in [-0.39, 0.29) is 29.2 Å². The minimum Gasteiger partial charge on any atom is -0.493 e. The van der Waals surface area contributed by atoms with E-state index >= 15 is 0 Å². The molecule has 1 aliphatic heterocycles. The zero-order chi connectivity index (χ0) is 25.1. The molecule has 178 valence electrons. The normalized spacial score (nSPS) is 14.3. The molecule has 3 aromatic carbocycles. The van der Waals surface area contributed by atoms with Gasteiger partial charge in [0.25, 0.3) is 11.8 Å². The summed E-state index contributed by atoms with van der Waals surface area (Å²) in [7, 11) is 1.33. The first-order chi connectivity index (χ1) is 16.8. The van der Waals surface area contributed by atoms with E-state index in [1.54, 1.807) is 48.5 Å². The highest BCUT2D eigenvalue weighted by molar-refractivity contribution is 6.42. The Hall–Kier alpha value is -4.08. The summed E-state index contributed by atoms with van der Waals surface area (Å²) in [4.78, 5) is 36.5. The molecule has 0 unspecified atom stereocenters. The van der Waals surface area contributed by atoms with Crippen molar-refractivity contribution < 1.29 is 24.0 Å². The number of amides is 2. The standard InChI is InChI=1S/C24H17Cl2N3O6/c1-34-21-12-15(9-17-23(30)27-28(24(17)31)16-5-3-2-4-6-16)11-20(29(32)33)22(21)35-13-14-7-8-18(25)19(26)10-14/h2-12H,13H2,1H3,(H,27,30)/b17-9-. The Morgan fingerprint density at radius 2 is 1.80 bits per heavy atom. The summed E-state index contributed by atoms with van der Waals surface area (Å²) < 4.78 is 11.0. The summed E-state index contributed by atoms with van der Waals surface area (Å²) in [6, 6.07) is 16.0. The number of halogens is 2.